The topological polar surface area (TPSA) is 58.9 Å². The summed E-state index contributed by atoms with van der Waals surface area (Å²) in [6.07, 6.45) is -0.988. The number of rotatable bonds is 4. The number of hydrogen-bond acceptors (Lipinski definition) is 4. The van der Waals surface area contributed by atoms with Gasteiger partial charge in [-0.05, 0) is 6.07 Å². The largest absolute Gasteiger partial charge is 0.496 e. The lowest BCUT2D eigenvalue weighted by molar-refractivity contribution is 0.0933. The zero-order chi connectivity index (χ0) is 13.1. The third-order valence-electron chi connectivity index (χ3n) is 2.94. The van der Waals surface area contributed by atoms with Crippen LogP contribution in [0, 0.1) is 0 Å². The van der Waals surface area contributed by atoms with Crippen LogP contribution in [-0.4, -0.2) is 31.0 Å². The maximum absolute atomic E-state index is 9.84. The van der Waals surface area contributed by atoms with Gasteiger partial charge in [-0.3, -0.25) is 0 Å². The molecule has 18 heavy (non-hydrogen) atoms. The van der Waals surface area contributed by atoms with Crippen molar-refractivity contribution in [1.82, 2.24) is 0 Å². The summed E-state index contributed by atoms with van der Waals surface area (Å²) < 4.78 is 10.7. The van der Waals surface area contributed by atoms with E-state index in [9.17, 15) is 5.11 Å². The van der Waals surface area contributed by atoms with Crippen molar-refractivity contribution in [3.8, 4) is 11.5 Å². The number of benzene rings is 2. The second kappa shape index (κ2) is 5.25. The smallest absolute Gasteiger partial charge is 0.132 e. The van der Waals surface area contributed by atoms with Crippen molar-refractivity contribution in [2.24, 2.45) is 0 Å². The summed E-state index contributed by atoms with van der Waals surface area (Å²) in [5.41, 5.74) is 0.524. The highest BCUT2D eigenvalue weighted by molar-refractivity contribution is 5.94. The third-order valence-corrected chi connectivity index (χ3v) is 2.94. The predicted octanol–water partition coefficient (Wildman–Crippen LogP) is 1.88. The molecule has 2 N–H and O–H groups in total. The van der Waals surface area contributed by atoms with Crippen molar-refractivity contribution >= 4 is 10.8 Å². The average Bonchev–Trinajstić information content (AvgIpc) is 2.44. The lowest BCUT2D eigenvalue weighted by Gasteiger charge is -2.17. The molecule has 2 rings (SSSR count). The van der Waals surface area contributed by atoms with Gasteiger partial charge in [-0.1, -0.05) is 24.3 Å². The van der Waals surface area contributed by atoms with Crippen LogP contribution in [0.3, 0.4) is 0 Å². The van der Waals surface area contributed by atoms with E-state index in [4.69, 9.17) is 14.6 Å². The zero-order valence-electron chi connectivity index (χ0n) is 10.4. The van der Waals surface area contributed by atoms with Crippen molar-refractivity contribution in [2.45, 2.75) is 6.10 Å². The van der Waals surface area contributed by atoms with Crippen LogP contribution in [0.1, 0.15) is 11.7 Å². The molecule has 0 spiro atoms. The summed E-state index contributed by atoms with van der Waals surface area (Å²) in [6.45, 7) is -0.363. The maximum Gasteiger partial charge on any atom is 0.132 e. The molecule has 1 atom stereocenters. The summed E-state index contributed by atoms with van der Waals surface area (Å²) >= 11 is 0. The normalized spacial score (nSPS) is 12.4. The average molecular weight is 248 g/mol. The van der Waals surface area contributed by atoms with Crippen LogP contribution in [0.25, 0.3) is 10.8 Å². The fourth-order valence-electron chi connectivity index (χ4n) is 2.08. The molecule has 0 amide bonds. The van der Waals surface area contributed by atoms with Crippen LogP contribution in [0.2, 0.25) is 0 Å². The highest BCUT2D eigenvalue weighted by Gasteiger charge is 2.18. The van der Waals surface area contributed by atoms with Crippen LogP contribution in [0.5, 0.6) is 11.5 Å². The first-order valence-corrected chi connectivity index (χ1v) is 5.65. The van der Waals surface area contributed by atoms with E-state index in [0.29, 0.717) is 17.1 Å². The SMILES string of the molecule is COc1cc([C@@H](O)CO)c(OC)c2ccccc12. The van der Waals surface area contributed by atoms with Crippen LogP contribution in [-0.2, 0) is 0 Å². The minimum absolute atomic E-state index is 0.363. The van der Waals surface area contributed by atoms with Gasteiger partial charge in [0.2, 0.25) is 0 Å². The minimum Gasteiger partial charge on any atom is -0.496 e. The van der Waals surface area contributed by atoms with Gasteiger partial charge in [0, 0.05) is 16.3 Å². The van der Waals surface area contributed by atoms with E-state index in [2.05, 4.69) is 0 Å². The predicted molar refractivity (Wildman–Crippen MR) is 69.1 cm³/mol. The Labute approximate surface area is 105 Å². The summed E-state index contributed by atoms with van der Waals surface area (Å²) in [7, 11) is 3.12. The van der Waals surface area contributed by atoms with E-state index < -0.39 is 6.10 Å². The monoisotopic (exact) mass is 248 g/mol. The van der Waals surface area contributed by atoms with Crippen molar-refractivity contribution in [3.05, 3.63) is 35.9 Å². The summed E-state index contributed by atoms with van der Waals surface area (Å²) in [5, 5.41) is 20.7. The molecule has 0 unspecified atom stereocenters. The Bertz CT molecular complexity index is 551. The Kier molecular flexibility index (Phi) is 3.69. The number of aliphatic hydroxyl groups is 2. The van der Waals surface area contributed by atoms with Crippen molar-refractivity contribution in [2.75, 3.05) is 20.8 Å². The van der Waals surface area contributed by atoms with Gasteiger partial charge in [0.15, 0.2) is 0 Å². The molecule has 0 aliphatic heterocycles. The molecule has 2 aromatic carbocycles. The molecule has 0 aliphatic carbocycles. The van der Waals surface area contributed by atoms with Crippen LogP contribution < -0.4 is 9.47 Å². The zero-order valence-corrected chi connectivity index (χ0v) is 10.4. The molecule has 0 saturated heterocycles. The van der Waals surface area contributed by atoms with Gasteiger partial charge < -0.3 is 19.7 Å². The van der Waals surface area contributed by atoms with Crippen molar-refractivity contribution in [1.29, 1.82) is 0 Å². The Balaban J connectivity index is 2.78. The lowest BCUT2D eigenvalue weighted by Crippen LogP contribution is -2.06. The number of fused-ring (bicyclic) bond motifs is 1. The van der Waals surface area contributed by atoms with E-state index >= 15 is 0 Å². The van der Waals surface area contributed by atoms with E-state index in [-0.39, 0.29) is 6.61 Å². The van der Waals surface area contributed by atoms with Gasteiger partial charge in [-0.15, -0.1) is 0 Å². The standard InChI is InChI=1S/C14H16O4/c1-17-13-7-11(12(16)8-15)14(18-2)10-6-4-3-5-9(10)13/h3-7,12,15-16H,8H2,1-2H3/t12-/m0/s1. The second-order valence-corrected chi connectivity index (χ2v) is 3.95. The Morgan fingerprint density at radius 3 is 2.33 bits per heavy atom. The molecule has 0 heterocycles. The molecule has 0 bridgehead atoms. The second-order valence-electron chi connectivity index (χ2n) is 3.95. The van der Waals surface area contributed by atoms with Crippen LogP contribution in [0.4, 0.5) is 0 Å². The fraction of sp³-hybridized carbons (Fsp3) is 0.286. The molecule has 4 nitrogen and oxygen atoms in total. The lowest BCUT2D eigenvalue weighted by atomic mass is 10.0. The molecule has 0 fully saturated rings. The highest BCUT2D eigenvalue weighted by Crippen LogP contribution is 2.39. The van der Waals surface area contributed by atoms with E-state index in [0.717, 1.165) is 10.8 Å². The summed E-state index contributed by atoms with van der Waals surface area (Å²) in [5.74, 6) is 1.21. The Morgan fingerprint density at radius 1 is 1.11 bits per heavy atom. The molecule has 2 aromatic rings. The third kappa shape index (κ3) is 2.00. The van der Waals surface area contributed by atoms with Gasteiger partial charge in [-0.2, -0.15) is 0 Å². The van der Waals surface area contributed by atoms with Gasteiger partial charge in [0.1, 0.15) is 17.6 Å². The molecule has 4 heteroatoms. The first-order chi connectivity index (χ1) is 8.72. The molecular weight excluding hydrogens is 232 g/mol. The van der Waals surface area contributed by atoms with Gasteiger partial charge >= 0.3 is 0 Å². The van der Waals surface area contributed by atoms with E-state index in [1.54, 1.807) is 20.3 Å². The Hall–Kier alpha value is -1.78. The van der Waals surface area contributed by atoms with Crippen molar-refractivity contribution in [3.63, 3.8) is 0 Å². The number of ether oxygens (including phenoxy) is 2. The molecular formula is C14H16O4. The Morgan fingerprint density at radius 2 is 1.78 bits per heavy atom. The molecule has 0 aromatic heterocycles. The molecule has 96 valence electrons. The number of hydrogen-bond donors (Lipinski definition) is 2. The number of methoxy groups -OCH3 is 2. The van der Waals surface area contributed by atoms with Crippen molar-refractivity contribution < 1.29 is 19.7 Å². The van der Waals surface area contributed by atoms with Gasteiger partial charge in [0.25, 0.3) is 0 Å². The highest BCUT2D eigenvalue weighted by atomic mass is 16.5. The first kappa shape index (κ1) is 12.7. The molecule has 0 saturated carbocycles. The van der Waals surface area contributed by atoms with E-state index in [1.165, 1.54) is 0 Å². The number of aliphatic hydroxyl groups excluding tert-OH is 2. The molecule has 0 aliphatic rings. The van der Waals surface area contributed by atoms with E-state index in [1.807, 2.05) is 24.3 Å². The van der Waals surface area contributed by atoms with Crippen LogP contribution >= 0.6 is 0 Å². The summed E-state index contributed by atoms with van der Waals surface area (Å²) in [6, 6.07) is 9.31. The quantitative estimate of drug-likeness (QED) is 0.867. The fourth-order valence-corrected chi connectivity index (χ4v) is 2.08. The van der Waals surface area contributed by atoms with Gasteiger partial charge in [-0.25, -0.2) is 0 Å². The summed E-state index contributed by atoms with van der Waals surface area (Å²) in [4.78, 5) is 0. The first-order valence-electron chi connectivity index (χ1n) is 5.65. The minimum atomic E-state index is -0.988. The van der Waals surface area contributed by atoms with Crippen LogP contribution in [0.15, 0.2) is 30.3 Å². The maximum atomic E-state index is 9.84. The molecule has 0 radical (unpaired) electrons. The van der Waals surface area contributed by atoms with Gasteiger partial charge in [0.05, 0.1) is 20.8 Å².